The zero-order valence-corrected chi connectivity index (χ0v) is 19.2. The first-order valence-electron chi connectivity index (χ1n) is 10.2. The van der Waals surface area contributed by atoms with Gasteiger partial charge in [0, 0.05) is 12.1 Å². The van der Waals surface area contributed by atoms with E-state index < -0.39 is 16.9 Å². The molecule has 0 atom stereocenters. The molecule has 35 heavy (non-hydrogen) atoms. The van der Waals surface area contributed by atoms with Gasteiger partial charge in [-0.3, -0.25) is 10.1 Å². The van der Waals surface area contributed by atoms with Crippen molar-refractivity contribution >= 4 is 41.2 Å². The molecule has 0 bridgehead atoms. The topological polar surface area (TPSA) is 117 Å². The number of carbonyl (C=O) groups is 2. The number of halogens is 1. The Morgan fingerprint density at radius 3 is 2.60 bits per heavy atom. The molecule has 3 aromatic carbocycles. The minimum atomic E-state index is -0.719. The first-order chi connectivity index (χ1) is 16.7. The van der Waals surface area contributed by atoms with Crippen LogP contribution in [0.3, 0.4) is 0 Å². The summed E-state index contributed by atoms with van der Waals surface area (Å²) >= 11 is 6.11. The minimum absolute atomic E-state index is 0.0130. The Morgan fingerprint density at radius 1 is 1.11 bits per heavy atom. The van der Waals surface area contributed by atoms with E-state index in [1.54, 1.807) is 30.3 Å². The van der Waals surface area contributed by atoms with Gasteiger partial charge in [0.15, 0.2) is 17.2 Å². The Hall–Kier alpha value is -4.50. The van der Waals surface area contributed by atoms with E-state index in [0.29, 0.717) is 11.1 Å². The van der Waals surface area contributed by atoms with Crippen LogP contribution in [0, 0.1) is 17.0 Å². The van der Waals surface area contributed by atoms with Crippen molar-refractivity contribution in [2.24, 2.45) is 4.99 Å². The average Bonchev–Trinajstić information content (AvgIpc) is 3.19. The average molecular weight is 493 g/mol. The van der Waals surface area contributed by atoms with E-state index in [2.05, 4.69) is 4.99 Å². The summed E-state index contributed by atoms with van der Waals surface area (Å²) in [5.74, 6) is -0.849. The third-order valence-electron chi connectivity index (χ3n) is 4.96. The monoisotopic (exact) mass is 492 g/mol. The Bertz CT molecular complexity index is 1430. The maximum atomic E-state index is 12.5. The molecular formula is C25H17ClN2O7. The molecule has 0 N–H and O–H groups in total. The standard InChI is InChI=1S/C25H17ClN2O7/c1-14-4-3-5-16(10-14)24(29)34-21-9-6-15(12-22(21)33-2)11-20-25(30)35-23(27-20)18-8-7-17(28(31)32)13-19(18)26/h3-13H,1-2H3/b20-11-. The number of carbonyl (C=O) groups excluding carboxylic acids is 2. The van der Waals surface area contributed by atoms with Crippen LogP contribution in [0.15, 0.2) is 71.4 Å². The Kier molecular flexibility index (Phi) is 6.61. The molecule has 1 heterocycles. The number of benzene rings is 3. The fraction of sp³-hybridized carbons (Fsp3) is 0.0800. The van der Waals surface area contributed by atoms with Crippen molar-refractivity contribution in [1.82, 2.24) is 0 Å². The Labute approximate surface area is 204 Å². The highest BCUT2D eigenvalue weighted by molar-refractivity contribution is 6.34. The predicted octanol–water partition coefficient (Wildman–Crippen LogP) is 5.13. The van der Waals surface area contributed by atoms with E-state index in [4.69, 9.17) is 25.8 Å². The van der Waals surface area contributed by atoms with Gasteiger partial charge in [0.25, 0.3) is 5.69 Å². The molecule has 0 saturated heterocycles. The van der Waals surface area contributed by atoms with Crippen LogP contribution in [0.5, 0.6) is 11.5 Å². The summed E-state index contributed by atoms with van der Waals surface area (Å²) in [6.07, 6.45) is 1.46. The van der Waals surface area contributed by atoms with Gasteiger partial charge in [0.1, 0.15) is 0 Å². The lowest BCUT2D eigenvalue weighted by Crippen LogP contribution is -2.09. The second kappa shape index (κ2) is 9.78. The van der Waals surface area contributed by atoms with E-state index in [-0.39, 0.29) is 39.4 Å². The van der Waals surface area contributed by atoms with Gasteiger partial charge in [-0.1, -0.05) is 35.4 Å². The maximum Gasteiger partial charge on any atom is 0.363 e. The van der Waals surface area contributed by atoms with Crippen molar-refractivity contribution in [3.63, 3.8) is 0 Å². The fourth-order valence-corrected chi connectivity index (χ4v) is 3.52. The van der Waals surface area contributed by atoms with Crippen LogP contribution in [0.2, 0.25) is 5.02 Å². The maximum absolute atomic E-state index is 12.5. The van der Waals surface area contributed by atoms with E-state index in [1.165, 1.54) is 31.4 Å². The van der Waals surface area contributed by atoms with Gasteiger partial charge in [-0.15, -0.1) is 0 Å². The number of ether oxygens (including phenoxy) is 3. The van der Waals surface area contributed by atoms with Gasteiger partial charge >= 0.3 is 11.9 Å². The molecular weight excluding hydrogens is 476 g/mol. The number of methoxy groups -OCH3 is 1. The van der Waals surface area contributed by atoms with Crippen LogP contribution < -0.4 is 9.47 Å². The number of nitro benzene ring substituents is 1. The first kappa shape index (κ1) is 23.7. The summed E-state index contributed by atoms with van der Waals surface area (Å²) < 4.78 is 16.0. The van der Waals surface area contributed by atoms with Crippen molar-refractivity contribution < 1.29 is 28.7 Å². The van der Waals surface area contributed by atoms with Crippen LogP contribution in [0.25, 0.3) is 6.08 Å². The number of nitro groups is 1. The van der Waals surface area contributed by atoms with Gasteiger partial charge in [0.2, 0.25) is 5.90 Å². The molecule has 0 amide bonds. The predicted molar refractivity (Wildman–Crippen MR) is 128 cm³/mol. The van der Waals surface area contributed by atoms with Gasteiger partial charge in [0.05, 0.1) is 28.2 Å². The minimum Gasteiger partial charge on any atom is -0.493 e. The highest BCUT2D eigenvalue weighted by atomic mass is 35.5. The van der Waals surface area contributed by atoms with Crippen LogP contribution in [0.1, 0.15) is 27.0 Å². The molecule has 10 heteroatoms. The molecule has 3 aromatic rings. The van der Waals surface area contributed by atoms with Crippen LogP contribution in [-0.2, 0) is 9.53 Å². The number of rotatable bonds is 6. The summed E-state index contributed by atoms with van der Waals surface area (Å²) in [4.78, 5) is 39.3. The van der Waals surface area contributed by atoms with E-state index in [0.717, 1.165) is 11.6 Å². The van der Waals surface area contributed by atoms with Crippen molar-refractivity contribution in [2.75, 3.05) is 7.11 Å². The number of cyclic esters (lactones) is 1. The molecule has 0 fully saturated rings. The zero-order chi connectivity index (χ0) is 25.1. The van der Waals surface area contributed by atoms with E-state index >= 15 is 0 Å². The van der Waals surface area contributed by atoms with Gasteiger partial charge in [-0.05, 0) is 48.9 Å². The molecule has 1 aliphatic heterocycles. The summed E-state index contributed by atoms with van der Waals surface area (Å²) in [6.45, 7) is 1.87. The number of aliphatic imine (C=N–C) groups is 1. The van der Waals surface area contributed by atoms with E-state index in [1.807, 2.05) is 13.0 Å². The molecule has 1 aliphatic rings. The number of aryl methyl sites for hydroxylation is 1. The molecule has 0 spiro atoms. The number of esters is 2. The van der Waals surface area contributed by atoms with Crippen LogP contribution in [0.4, 0.5) is 5.69 Å². The Balaban J connectivity index is 1.58. The molecule has 0 aromatic heterocycles. The second-order valence-electron chi connectivity index (χ2n) is 7.43. The van der Waals surface area contributed by atoms with Crippen molar-refractivity contribution in [1.29, 1.82) is 0 Å². The lowest BCUT2D eigenvalue weighted by Gasteiger charge is -2.10. The van der Waals surface area contributed by atoms with Crippen LogP contribution >= 0.6 is 11.6 Å². The summed E-state index contributed by atoms with van der Waals surface area (Å²) in [7, 11) is 1.42. The Morgan fingerprint density at radius 2 is 1.91 bits per heavy atom. The third kappa shape index (κ3) is 5.20. The quantitative estimate of drug-likeness (QED) is 0.154. The first-order valence-corrected chi connectivity index (χ1v) is 10.6. The van der Waals surface area contributed by atoms with Crippen LogP contribution in [-0.4, -0.2) is 29.9 Å². The number of non-ortho nitro benzene ring substituents is 1. The summed E-state index contributed by atoms with van der Waals surface area (Å²) in [6, 6.07) is 15.5. The van der Waals surface area contributed by atoms with E-state index in [9.17, 15) is 19.7 Å². The smallest absolute Gasteiger partial charge is 0.363 e. The lowest BCUT2D eigenvalue weighted by molar-refractivity contribution is -0.384. The number of nitrogens with zero attached hydrogens (tertiary/aromatic N) is 2. The van der Waals surface area contributed by atoms with Gasteiger partial charge in [-0.25, -0.2) is 14.6 Å². The molecule has 0 unspecified atom stereocenters. The highest BCUT2D eigenvalue weighted by Crippen LogP contribution is 2.31. The normalized spacial score (nSPS) is 13.9. The number of hydrogen-bond donors (Lipinski definition) is 0. The van der Waals surface area contributed by atoms with Gasteiger partial charge in [-0.2, -0.15) is 0 Å². The molecule has 0 radical (unpaired) electrons. The third-order valence-corrected chi connectivity index (χ3v) is 5.27. The fourth-order valence-electron chi connectivity index (χ4n) is 3.26. The zero-order valence-electron chi connectivity index (χ0n) is 18.5. The van der Waals surface area contributed by atoms with Gasteiger partial charge < -0.3 is 14.2 Å². The molecule has 9 nitrogen and oxygen atoms in total. The highest BCUT2D eigenvalue weighted by Gasteiger charge is 2.26. The number of hydrogen-bond acceptors (Lipinski definition) is 8. The largest absolute Gasteiger partial charge is 0.493 e. The second-order valence-corrected chi connectivity index (χ2v) is 7.83. The summed E-state index contributed by atoms with van der Waals surface area (Å²) in [5.41, 5.74) is 1.88. The molecule has 176 valence electrons. The lowest BCUT2D eigenvalue weighted by atomic mass is 10.1. The molecule has 0 aliphatic carbocycles. The van der Waals surface area contributed by atoms with Crippen molar-refractivity contribution in [2.45, 2.75) is 6.92 Å². The van der Waals surface area contributed by atoms with Crippen molar-refractivity contribution in [3.8, 4) is 11.5 Å². The molecule has 4 rings (SSSR count). The molecule has 0 saturated carbocycles. The van der Waals surface area contributed by atoms with Crippen molar-refractivity contribution in [3.05, 3.63) is 104 Å². The summed E-state index contributed by atoms with van der Waals surface area (Å²) in [5, 5.41) is 10.9. The SMILES string of the molecule is COc1cc(/C=C2\N=C(c3ccc([N+](=O)[O-])cc3Cl)OC2=O)ccc1OC(=O)c1cccc(C)c1.